The topological polar surface area (TPSA) is 62.2 Å². The number of hydrogen-bond donors (Lipinski definition) is 0. The fourth-order valence-electron chi connectivity index (χ4n) is 3.16. The number of piperazine rings is 1. The third kappa shape index (κ3) is 4.03. The summed E-state index contributed by atoms with van der Waals surface area (Å²) in [5.41, 5.74) is 2.62. The van der Waals surface area contributed by atoms with Gasteiger partial charge in [-0.05, 0) is 31.2 Å². The first-order valence-electron chi connectivity index (χ1n) is 9.00. The second kappa shape index (κ2) is 7.92. The molecular formula is C20H21N5OS. The van der Waals surface area contributed by atoms with Gasteiger partial charge in [0.2, 0.25) is 5.91 Å². The Morgan fingerprint density at radius 2 is 1.70 bits per heavy atom. The van der Waals surface area contributed by atoms with Crippen LogP contribution in [-0.4, -0.2) is 57.7 Å². The van der Waals surface area contributed by atoms with Crippen molar-refractivity contribution in [2.75, 3.05) is 36.8 Å². The molecule has 1 amide bonds. The lowest BCUT2D eigenvalue weighted by atomic mass is 10.3. The van der Waals surface area contributed by atoms with Gasteiger partial charge in [-0.2, -0.15) is 0 Å². The number of rotatable bonds is 4. The van der Waals surface area contributed by atoms with E-state index in [1.165, 1.54) is 11.8 Å². The summed E-state index contributed by atoms with van der Waals surface area (Å²) in [6, 6.07) is 13.7. The van der Waals surface area contributed by atoms with Crippen molar-refractivity contribution in [3.8, 4) is 0 Å². The fourth-order valence-corrected chi connectivity index (χ4v) is 4.02. The zero-order valence-corrected chi connectivity index (χ0v) is 16.0. The van der Waals surface area contributed by atoms with Crippen molar-refractivity contribution in [3.05, 3.63) is 54.4 Å². The SMILES string of the molecule is Cc1nc2ccccc2nc1SCC(=O)N1CCN(c2ccccn2)CC1. The van der Waals surface area contributed by atoms with Crippen molar-refractivity contribution in [3.63, 3.8) is 0 Å². The molecule has 0 atom stereocenters. The van der Waals surface area contributed by atoms with Gasteiger partial charge in [0.25, 0.3) is 0 Å². The lowest BCUT2D eigenvalue weighted by molar-refractivity contribution is -0.128. The van der Waals surface area contributed by atoms with Gasteiger partial charge in [0, 0.05) is 32.4 Å². The van der Waals surface area contributed by atoms with Gasteiger partial charge in [-0.1, -0.05) is 30.0 Å². The van der Waals surface area contributed by atoms with E-state index in [2.05, 4.69) is 19.9 Å². The molecule has 1 fully saturated rings. The van der Waals surface area contributed by atoms with Crippen molar-refractivity contribution in [1.29, 1.82) is 0 Å². The van der Waals surface area contributed by atoms with E-state index in [-0.39, 0.29) is 5.91 Å². The van der Waals surface area contributed by atoms with Crippen LogP contribution in [0.15, 0.2) is 53.7 Å². The van der Waals surface area contributed by atoms with Crippen LogP contribution >= 0.6 is 11.8 Å². The third-order valence-electron chi connectivity index (χ3n) is 4.64. The molecule has 3 heterocycles. The zero-order chi connectivity index (χ0) is 18.6. The predicted molar refractivity (Wildman–Crippen MR) is 108 cm³/mol. The second-order valence-electron chi connectivity index (χ2n) is 6.45. The standard InChI is InChI=1S/C20H21N5OS/c1-15-20(23-17-7-3-2-6-16(17)22-15)27-14-19(26)25-12-10-24(11-13-25)18-8-4-5-9-21-18/h2-9H,10-14H2,1H3. The Labute approximate surface area is 162 Å². The quantitative estimate of drug-likeness (QED) is 0.650. The molecule has 1 aliphatic heterocycles. The molecule has 1 aromatic carbocycles. The Balaban J connectivity index is 1.34. The van der Waals surface area contributed by atoms with Gasteiger partial charge < -0.3 is 9.80 Å². The molecule has 0 saturated carbocycles. The molecule has 0 bridgehead atoms. The minimum atomic E-state index is 0.148. The van der Waals surface area contributed by atoms with Gasteiger partial charge in [0.05, 0.1) is 22.5 Å². The Kier molecular flexibility index (Phi) is 5.20. The molecule has 0 aliphatic carbocycles. The molecule has 3 aromatic rings. The summed E-state index contributed by atoms with van der Waals surface area (Å²) < 4.78 is 0. The van der Waals surface area contributed by atoms with Crippen molar-refractivity contribution < 1.29 is 4.79 Å². The van der Waals surface area contributed by atoms with E-state index < -0.39 is 0 Å². The maximum absolute atomic E-state index is 12.6. The van der Waals surface area contributed by atoms with Crippen LogP contribution in [0.5, 0.6) is 0 Å². The molecule has 0 unspecified atom stereocenters. The maximum Gasteiger partial charge on any atom is 0.233 e. The fraction of sp³-hybridized carbons (Fsp3) is 0.300. The molecule has 0 N–H and O–H groups in total. The lowest BCUT2D eigenvalue weighted by Gasteiger charge is -2.35. The number of aryl methyl sites for hydroxylation is 1. The lowest BCUT2D eigenvalue weighted by Crippen LogP contribution is -2.49. The average Bonchev–Trinajstić information content (AvgIpc) is 2.73. The number of amides is 1. The van der Waals surface area contributed by atoms with Crippen molar-refractivity contribution >= 4 is 34.5 Å². The van der Waals surface area contributed by atoms with Crippen LogP contribution < -0.4 is 4.90 Å². The Morgan fingerprint density at radius 1 is 1.00 bits per heavy atom. The number of fused-ring (bicyclic) bond motifs is 1. The van der Waals surface area contributed by atoms with Gasteiger partial charge in [-0.25, -0.2) is 15.0 Å². The largest absolute Gasteiger partial charge is 0.353 e. The summed E-state index contributed by atoms with van der Waals surface area (Å²) in [6.45, 7) is 5.00. The number of hydrogen-bond acceptors (Lipinski definition) is 6. The summed E-state index contributed by atoms with van der Waals surface area (Å²) in [5, 5.41) is 0.828. The van der Waals surface area contributed by atoms with Crippen LogP contribution in [0.2, 0.25) is 0 Å². The summed E-state index contributed by atoms with van der Waals surface area (Å²) >= 11 is 1.47. The van der Waals surface area contributed by atoms with Gasteiger partial charge in [0.1, 0.15) is 10.8 Å². The Bertz CT molecular complexity index is 942. The van der Waals surface area contributed by atoms with E-state index in [0.29, 0.717) is 5.75 Å². The number of carbonyl (C=O) groups is 1. The highest BCUT2D eigenvalue weighted by Crippen LogP contribution is 2.22. The smallest absolute Gasteiger partial charge is 0.233 e. The highest BCUT2D eigenvalue weighted by atomic mass is 32.2. The van der Waals surface area contributed by atoms with Crippen LogP contribution in [0.25, 0.3) is 11.0 Å². The first-order chi connectivity index (χ1) is 13.2. The van der Waals surface area contributed by atoms with E-state index in [1.54, 1.807) is 6.20 Å². The monoisotopic (exact) mass is 379 g/mol. The number of pyridine rings is 1. The minimum Gasteiger partial charge on any atom is -0.353 e. The molecule has 2 aromatic heterocycles. The number of benzene rings is 1. The van der Waals surface area contributed by atoms with Crippen LogP contribution in [0.1, 0.15) is 5.69 Å². The molecule has 1 saturated heterocycles. The molecule has 7 heteroatoms. The minimum absolute atomic E-state index is 0.148. The number of carbonyl (C=O) groups excluding carboxylic acids is 1. The van der Waals surface area contributed by atoms with Gasteiger partial charge in [-0.3, -0.25) is 4.79 Å². The number of aromatic nitrogens is 3. The van der Waals surface area contributed by atoms with Crippen molar-refractivity contribution in [2.24, 2.45) is 0 Å². The van der Waals surface area contributed by atoms with Crippen molar-refractivity contribution in [1.82, 2.24) is 19.9 Å². The van der Waals surface area contributed by atoms with Gasteiger partial charge in [0.15, 0.2) is 0 Å². The molecular weight excluding hydrogens is 358 g/mol. The van der Waals surface area contributed by atoms with Crippen LogP contribution in [0.3, 0.4) is 0 Å². The van der Waals surface area contributed by atoms with E-state index in [1.807, 2.05) is 54.3 Å². The van der Waals surface area contributed by atoms with Crippen molar-refractivity contribution in [2.45, 2.75) is 11.9 Å². The predicted octanol–water partition coefficient (Wildman–Crippen LogP) is 2.77. The number of thioether (sulfide) groups is 1. The number of anilines is 1. The summed E-state index contributed by atoms with van der Waals surface area (Å²) in [7, 11) is 0. The van der Waals surface area contributed by atoms with Crippen LogP contribution in [0.4, 0.5) is 5.82 Å². The van der Waals surface area contributed by atoms with Gasteiger partial charge >= 0.3 is 0 Å². The van der Waals surface area contributed by atoms with E-state index in [4.69, 9.17) is 0 Å². The normalized spacial score (nSPS) is 14.6. The highest BCUT2D eigenvalue weighted by Gasteiger charge is 2.22. The third-order valence-corrected chi connectivity index (χ3v) is 5.69. The second-order valence-corrected chi connectivity index (χ2v) is 7.41. The first kappa shape index (κ1) is 17.7. The summed E-state index contributed by atoms with van der Waals surface area (Å²) in [6.07, 6.45) is 1.80. The van der Waals surface area contributed by atoms with Gasteiger partial charge in [-0.15, -0.1) is 0 Å². The first-order valence-corrected chi connectivity index (χ1v) is 9.99. The molecule has 27 heavy (non-hydrogen) atoms. The average molecular weight is 379 g/mol. The zero-order valence-electron chi connectivity index (χ0n) is 15.2. The van der Waals surface area contributed by atoms with Crippen LogP contribution in [-0.2, 0) is 4.79 Å². The summed E-state index contributed by atoms with van der Waals surface area (Å²) in [4.78, 5) is 30.4. The Hall–Kier alpha value is -2.67. The molecule has 0 spiro atoms. The highest BCUT2D eigenvalue weighted by molar-refractivity contribution is 7.99. The maximum atomic E-state index is 12.6. The van der Waals surface area contributed by atoms with E-state index in [9.17, 15) is 4.79 Å². The Morgan fingerprint density at radius 3 is 2.41 bits per heavy atom. The molecule has 1 aliphatic rings. The summed E-state index contributed by atoms with van der Waals surface area (Å²) in [5.74, 6) is 1.51. The molecule has 0 radical (unpaired) electrons. The number of nitrogens with zero attached hydrogens (tertiary/aromatic N) is 5. The molecule has 138 valence electrons. The van der Waals surface area contributed by atoms with E-state index >= 15 is 0 Å². The van der Waals surface area contributed by atoms with E-state index in [0.717, 1.165) is 53.8 Å². The number of para-hydroxylation sites is 2. The molecule has 4 rings (SSSR count). The molecule has 6 nitrogen and oxygen atoms in total. The van der Waals surface area contributed by atoms with Crippen LogP contribution in [0, 0.1) is 6.92 Å².